The summed E-state index contributed by atoms with van der Waals surface area (Å²) in [6.45, 7) is 2.03. The van der Waals surface area contributed by atoms with E-state index in [1.165, 1.54) is 7.11 Å². The number of nitrogens with one attached hydrogen (secondary N) is 1. The normalized spacial score (nSPS) is 18.0. The van der Waals surface area contributed by atoms with E-state index >= 15 is 0 Å². The first-order valence-electron chi connectivity index (χ1n) is 9.59. The number of carbonyl (C=O) groups is 2. The highest BCUT2D eigenvalue weighted by molar-refractivity contribution is 6.03. The first-order chi connectivity index (χ1) is 14.5. The van der Waals surface area contributed by atoms with Crippen LogP contribution in [0, 0.1) is 6.92 Å². The second-order valence-electron chi connectivity index (χ2n) is 7.29. The monoisotopic (exact) mass is 406 g/mol. The SMILES string of the molecule is COC(=O)C1(Cc2ccccc2)CC(CNC(=O)c2cccn3cc(C)nc23)=NO1. The summed E-state index contributed by atoms with van der Waals surface area (Å²) in [5, 5.41) is 6.91. The zero-order valence-electron chi connectivity index (χ0n) is 16.8. The highest BCUT2D eigenvalue weighted by Crippen LogP contribution is 2.29. The van der Waals surface area contributed by atoms with Crippen LogP contribution in [0.3, 0.4) is 0 Å². The molecule has 1 atom stereocenters. The van der Waals surface area contributed by atoms with Crippen molar-refractivity contribution in [2.75, 3.05) is 13.7 Å². The number of aryl methyl sites for hydroxylation is 1. The summed E-state index contributed by atoms with van der Waals surface area (Å²) >= 11 is 0. The molecule has 0 saturated heterocycles. The standard InChI is InChI=1S/C22H22N4O4/c1-15-14-26-10-6-9-18(19(26)24-15)20(27)23-13-17-12-22(30-25-17,21(28)29-2)11-16-7-4-3-5-8-16/h3-10,14H,11-13H2,1-2H3,(H,23,27). The number of pyridine rings is 1. The van der Waals surface area contributed by atoms with E-state index in [9.17, 15) is 9.59 Å². The third-order valence-electron chi connectivity index (χ3n) is 5.03. The first kappa shape index (κ1) is 19.6. The lowest BCUT2D eigenvalue weighted by molar-refractivity contribution is -0.166. The summed E-state index contributed by atoms with van der Waals surface area (Å²) in [5.74, 6) is -0.762. The molecule has 1 aliphatic heterocycles. The Kier molecular flexibility index (Phi) is 5.22. The van der Waals surface area contributed by atoms with E-state index in [1.807, 2.05) is 54.0 Å². The molecule has 4 rings (SSSR count). The van der Waals surface area contributed by atoms with Gasteiger partial charge in [0.2, 0.25) is 5.60 Å². The molecular formula is C22H22N4O4. The molecule has 154 valence electrons. The van der Waals surface area contributed by atoms with Gasteiger partial charge >= 0.3 is 5.97 Å². The van der Waals surface area contributed by atoms with Crippen molar-refractivity contribution in [1.29, 1.82) is 0 Å². The molecule has 1 aliphatic rings. The lowest BCUT2D eigenvalue weighted by Crippen LogP contribution is -2.43. The lowest BCUT2D eigenvalue weighted by atomic mass is 9.89. The summed E-state index contributed by atoms with van der Waals surface area (Å²) in [4.78, 5) is 35.2. The zero-order chi connectivity index (χ0) is 21.1. The molecule has 3 aromatic rings. The molecule has 8 nitrogen and oxygen atoms in total. The van der Waals surface area contributed by atoms with Gasteiger partial charge in [0.05, 0.1) is 30.6 Å². The number of aromatic nitrogens is 2. The average Bonchev–Trinajstić information content (AvgIpc) is 3.35. The van der Waals surface area contributed by atoms with Crippen molar-refractivity contribution < 1.29 is 19.2 Å². The van der Waals surface area contributed by atoms with E-state index in [1.54, 1.807) is 12.1 Å². The van der Waals surface area contributed by atoms with Crippen molar-refractivity contribution in [2.45, 2.75) is 25.4 Å². The van der Waals surface area contributed by atoms with E-state index < -0.39 is 11.6 Å². The fraction of sp³-hybridized carbons (Fsp3) is 0.273. The Morgan fingerprint density at radius 2 is 2.03 bits per heavy atom. The first-order valence-corrected chi connectivity index (χ1v) is 9.59. The van der Waals surface area contributed by atoms with Crippen LogP contribution in [-0.2, 0) is 20.8 Å². The molecule has 1 N–H and O–H groups in total. The number of nitrogens with zero attached hydrogens (tertiary/aromatic N) is 3. The van der Waals surface area contributed by atoms with Crippen molar-refractivity contribution in [2.24, 2.45) is 5.16 Å². The van der Waals surface area contributed by atoms with Gasteiger partial charge in [-0.1, -0.05) is 35.5 Å². The fourth-order valence-corrected chi connectivity index (χ4v) is 3.62. The number of hydrogen-bond donors (Lipinski definition) is 1. The van der Waals surface area contributed by atoms with Crippen molar-refractivity contribution in [1.82, 2.24) is 14.7 Å². The van der Waals surface area contributed by atoms with Gasteiger partial charge in [0.15, 0.2) is 0 Å². The lowest BCUT2D eigenvalue weighted by Gasteiger charge is -2.23. The molecular weight excluding hydrogens is 384 g/mol. The summed E-state index contributed by atoms with van der Waals surface area (Å²) in [6, 6.07) is 13.1. The topological polar surface area (TPSA) is 94.3 Å². The molecule has 0 aliphatic carbocycles. The Morgan fingerprint density at radius 1 is 1.23 bits per heavy atom. The van der Waals surface area contributed by atoms with Gasteiger partial charge in [0.25, 0.3) is 5.91 Å². The van der Waals surface area contributed by atoms with Crippen LogP contribution in [0.5, 0.6) is 0 Å². The molecule has 1 unspecified atom stereocenters. The van der Waals surface area contributed by atoms with E-state index in [0.29, 0.717) is 23.3 Å². The second kappa shape index (κ2) is 7.98. The minimum atomic E-state index is -1.23. The Morgan fingerprint density at radius 3 is 2.80 bits per heavy atom. The van der Waals surface area contributed by atoms with Crippen LogP contribution in [0.4, 0.5) is 0 Å². The number of hydrogen-bond acceptors (Lipinski definition) is 6. The molecule has 8 heteroatoms. The minimum absolute atomic E-state index is 0.160. The third-order valence-corrected chi connectivity index (χ3v) is 5.03. The van der Waals surface area contributed by atoms with Crippen molar-refractivity contribution in [3.05, 3.63) is 71.7 Å². The predicted octanol–water partition coefficient (Wildman–Crippen LogP) is 2.30. The van der Waals surface area contributed by atoms with Gasteiger partial charge in [-0.25, -0.2) is 9.78 Å². The molecule has 0 fully saturated rings. The number of rotatable bonds is 6. The van der Waals surface area contributed by atoms with E-state index in [4.69, 9.17) is 9.57 Å². The van der Waals surface area contributed by atoms with Crippen LogP contribution in [-0.4, -0.2) is 46.2 Å². The maximum Gasteiger partial charge on any atom is 0.353 e. The zero-order valence-corrected chi connectivity index (χ0v) is 16.8. The van der Waals surface area contributed by atoms with E-state index in [2.05, 4.69) is 15.5 Å². The van der Waals surface area contributed by atoms with Crippen molar-refractivity contribution in [3.63, 3.8) is 0 Å². The summed E-state index contributed by atoms with van der Waals surface area (Å²) in [5.41, 5.74) is 2.16. The number of imidazole rings is 1. The quantitative estimate of drug-likeness (QED) is 0.634. The van der Waals surface area contributed by atoms with E-state index in [0.717, 1.165) is 11.3 Å². The molecule has 0 spiro atoms. The van der Waals surface area contributed by atoms with Crippen LogP contribution >= 0.6 is 0 Å². The number of esters is 1. The van der Waals surface area contributed by atoms with Crippen molar-refractivity contribution >= 4 is 23.2 Å². The second-order valence-corrected chi connectivity index (χ2v) is 7.29. The van der Waals surface area contributed by atoms with Crippen LogP contribution in [0.2, 0.25) is 0 Å². The minimum Gasteiger partial charge on any atom is -0.466 e. The Labute approximate surface area is 173 Å². The molecule has 30 heavy (non-hydrogen) atoms. The molecule has 0 bridgehead atoms. The molecule has 1 amide bonds. The highest BCUT2D eigenvalue weighted by atomic mass is 16.7. The number of carbonyl (C=O) groups excluding carboxylic acids is 2. The smallest absolute Gasteiger partial charge is 0.353 e. The van der Waals surface area contributed by atoms with Crippen LogP contribution < -0.4 is 5.32 Å². The van der Waals surface area contributed by atoms with Crippen molar-refractivity contribution in [3.8, 4) is 0 Å². The maximum absolute atomic E-state index is 12.7. The molecule has 1 aromatic carbocycles. The van der Waals surface area contributed by atoms with Gasteiger partial charge in [-0.05, 0) is 24.6 Å². The van der Waals surface area contributed by atoms with Gasteiger partial charge < -0.3 is 19.3 Å². The Balaban J connectivity index is 1.45. The number of fused-ring (bicyclic) bond motifs is 1. The van der Waals surface area contributed by atoms with Gasteiger partial charge in [0, 0.05) is 25.2 Å². The van der Waals surface area contributed by atoms with Crippen LogP contribution in [0.1, 0.15) is 28.0 Å². The molecule has 2 aromatic heterocycles. The van der Waals surface area contributed by atoms with Gasteiger partial charge in [-0.2, -0.15) is 0 Å². The Bertz CT molecular complexity index is 1120. The Hall–Kier alpha value is -3.68. The fourth-order valence-electron chi connectivity index (χ4n) is 3.62. The van der Waals surface area contributed by atoms with Gasteiger partial charge in [-0.15, -0.1) is 0 Å². The molecule has 3 heterocycles. The largest absolute Gasteiger partial charge is 0.466 e. The number of amides is 1. The number of benzene rings is 1. The van der Waals surface area contributed by atoms with E-state index in [-0.39, 0.29) is 18.9 Å². The van der Waals surface area contributed by atoms with Crippen LogP contribution in [0.15, 0.2) is 60.0 Å². The number of methoxy groups -OCH3 is 1. The summed E-state index contributed by atoms with van der Waals surface area (Å²) < 4.78 is 6.78. The van der Waals surface area contributed by atoms with Gasteiger partial charge in [0.1, 0.15) is 5.65 Å². The average molecular weight is 406 g/mol. The maximum atomic E-state index is 12.7. The van der Waals surface area contributed by atoms with Crippen LogP contribution in [0.25, 0.3) is 5.65 Å². The molecule has 0 radical (unpaired) electrons. The third kappa shape index (κ3) is 3.76. The number of oxime groups is 1. The summed E-state index contributed by atoms with van der Waals surface area (Å²) in [7, 11) is 1.32. The summed E-state index contributed by atoms with van der Waals surface area (Å²) in [6.07, 6.45) is 4.26. The highest BCUT2D eigenvalue weighted by Gasteiger charge is 2.47. The number of ether oxygens (including phenoxy) is 1. The van der Waals surface area contributed by atoms with Gasteiger partial charge in [-0.3, -0.25) is 4.79 Å². The predicted molar refractivity (Wildman–Crippen MR) is 110 cm³/mol. The molecule has 0 saturated carbocycles.